The van der Waals surface area contributed by atoms with Crippen LogP contribution in [-0.2, 0) is 15.0 Å². The Balaban J connectivity index is 0.000000197. The van der Waals surface area contributed by atoms with Crippen molar-refractivity contribution in [1.29, 1.82) is 0 Å². The quantitative estimate of drug-likeness (QED) is 0.569. The van der Waals surface area contributed by atoms with Gasteiger partial charge in [-0.2, -0.15) is 0 Å². The molecule has 3 N–H and O–H groups in total. The molecule has 0 spiro atoms. The van der Waals surface area contributed by atoms with Crippen LogP contribution < -0.4 is 5.32 Å². The van der Waals surface area contributed by atoms with Crippen molar-refractivity contribution >= 4 is 23.5 Å². The topological polar surface area (TPSA) is 86.6 Å². The minimum Gasteiger partial charge on any atom is -0.478 e. The van der Waals surface area contributed by atoms with Crippen molar-refractivity contribution in [2.75, 3.05) is 13.1 Å². The lowest BCUT2D eigenvalue weighted by Gasteiger charge is -2.36. The summed E-state index contributed by atoms with van der Waals surface area (Å²) in [6.07, 6.45) is 7.36. The van der Waals surface area contributed by atoms with Gasteiger partial charge in [0.2, 0.25) is 0 Å². The molecule has 4 atom stereocenters. The van der Waals surface area contributed by atoms with Gasteiger partial charge in [-0.25, -0.2) is 9.59 Å². The predicted octanol–water partition coefficient (Wildman–Crippen LogP) is 2.71. The summed E-state index contributed by atoms with van der Waals surface area (Å²) in [5.41, 5.74) is 1.83. The summed E-state index contributed by atoms with van der Waals surface area (Å²) in [5.74, 6) is -0.196. The molecule has 1 aliphatic heterocycles. The van der Waals surface area contributed by atoms with Crippen molar-refractivity contribution in [2.45, 2.75) is 11.8 Å². The largest absolute Gasteiger partial charge is 0.478 e. The normalized spacial score (nSPS) is 31.6. The molecule has 2 fully saturated rings. The van der Waals surface area contributed by atoms with E-state index < -0.39 is 11.9 Å². The number of carbonyl (C=O) groups is 2. The second-order valence-electron chi connectivity index (χ2n) is 6.69. The molecular formula is C19H20ClNO4. The van der Waals surface area contributed by atoms with E-state index in [-0.39, 0.29) is 0 Å². The third-order valence-corrected chi connectivity index (χ3v) is 5.74. The molecule has 5 nitrogen and oxygen atoms in total. The number of halogens is 1. The minimum atomic E-state index is -1.26. The average Bonchev–Trinajstić information content (AvgIpc) is 3.27. The molecule has 0 amide bonds. The Morgan fingerprint density at radius 2 is 1.76 bits per heavy atom. The van der Waals surface area contributed by atoms with Crippen LogP contribution >= 0.6 is 11.6 Å². The molecule has 1 saturated heterocycles. The molecule has 25 heavy (non-hydrogen) atoms. The molecule has 1 heterocycles. The maximum atomic E-state index is 9.55. The summed E-state index contributed by atoms with van der Waals surface area (Å²) >= 11 is 6.01. The molecule has 4 unspecified atom stereocenters. The van der Waals surface area contributed by atoms with Crippen molar-refractivity contribution in [2.24, 2.45) is 17.8 Å². The van der Waals surface area contributed by atoms with E-state index in [9.17, 15) is 9.59 Å². The van der Waals surface area contributed by atoms with Gasteiger partial charge in [0.1, 0.15) is 0 Å². The number of benzene rings is 1. The van der Waals surface area contributed by atoms with E-state index in [0.717, 1.165) is 29.3 Å². The van der Waals surface area contributed by atoms with Crippen LogP contribution in [0.15, 0.2) is 48.6 Å². The standard InChI is InChI=1S/C15H16ClN.C4H4O4/c16-13-5-3-11(4-6-13)15-9-17-8-14(15)10-1-2-12(15)7-10;5-3(6)1-2-4(7)8/h1-6,10,12,14,17H,7-9H2;1-2H,(H,5,6)(H,7,8)/b;2-1+. The third kappa shape index (κ3) is 3.34. The van der Waals surface area contributed by atoms with Crippen LogP contribution in [0.2, 0.25) is 5.02 Å². The van der Waals surface area contributed by atoms with Gasteiger partial charge in [-0.15, -0.1) is 0 Å². The molecule has 4 rings (SSSR count). The number of fused-ring (bicyclic) bond motifs is 5. The molecule has 2 aliphatic carbocycles. The van der Waals surface area contributed by atoms with E-state index in [1.54, 1.807) is 0 Å². The molecule has 6 heteroatoms. The highest BCUT2D eigenvalue weighted by Crippen LogP contribution is 2.58. The van der Waals surface area contributed by atoms with Crippen LogP contribution in [0.25, 0.3) is 0 Å². The van der Waals surface area contributed by atoms with Crippen LogP contribution in [0, 0.1) is 17.8 Å². The predicted molar refractivity (Wildman–Crippen MR) is 94.6 cm³/mol. The monoisotopic (exact) mass is 361 g/mol. The summed E-state index contributed by atoms with van der Waals surface area (Å²) in [6, 6.07) is 8.54. The molecule has 132 valence electrons. The number of hydrogen-bond acceptors (Lipinski definition) is 3. The Morgan fingerprint density at radius 3 is 2.36 bits per heavy atom. The third-order valence-electron chi connectivity index (χ3n) is 5.49. The van der Waals surface area contributed by atoms with Gasteiger partial charge >= 0.3 is 11.9 Å². The number of aliphatic carboxylic acids is 2. The first-order valence-electron chi connectivity index (χ1n) is 8.22. The molecule has 0 radical (unpaired) electrons. The van der Waals surface area contributed by atoms with Crippen molar-refractivity contribution in [3.05, 3.63) is 59.2 Å². The van der Waals surface area contributed by atoms with Crippen LogP contribution in [0.3, 0.4) is 0 Å². The molecule has 3 aliphatic rings. The number of hydrogen-bond donors (Lipinski definition) is 3. The summed E-state index contributed by atoms with van der Waals surface area (Å²) in [5, 5.41) is 20.1. The smallest absolute Gasteiger partial charge is 0.328 e. The first-order valence-corrected chi connectivity index (χ1v) is 8.60. The van der Waals surface area contributed by atoms with E-state index in [4.69, 9.17) is 21.8 Å². The summed E-state index contributed by atoms with van der Waals surface area (Å²) in [6.45, 7) is 2.30. The lowest BCUT2D eigenvalue weighted by molar-refractivity contribution is -0.134. The van der Waals surface area contributed by atoms with Gasteiger partial charge in [0.05, 0.1) is 0 Å². The van der Waals surface area contributed by atoms with E-state index in [1.807, 2.05) is 12.1 Å². The van der Waals surface area contributed by atoms with E-state index in [2.05, 4.69) is 29.6 Å². The molecule has 0 aromatic heterocycles. The molecular weight excluding hydrogens is 342 g/mol. The van der Waals surface area contributed by atoms with Gasteiger partial charge in [-0.3, -0.25) is 0 Å². The molecule has 1 saturated carbocycles. The highest BCUT2D eigenvalue weighted by atomic mass is 35.5. The first-order chi connectivity index (χ1) is 11.9. The number of nitrogens with one attached hydrogen (secondary N) is 1. The van der Waals surface area contributed by atoms with Crippen LogP contribution in [-0.4, -0.2) is 35.2 Å². The number of carboxylic acid groups (broad SMARTS) is 2. The Hall–Kier alpha value is -2.11. The molecule has 2 bridgehead atoms. The molecule has 1 aromatic rings. The zero-order valence-electron chi connectivity index (χ0n) is 13.6. The van der Waals surface area contributed by atoms with Gasteiger partial charge in [-0.05, 0) is 48.4 Å². The second kappa shape index (κ2) is 7.02. The average molecular weight is 362 g/mol. The van der Waals surface area contributed by atoms with Crippen LogP contribution in [0.1, 0.15) is 12.0 Å². The van der Waals surface area contributed by atoms with Gasteiger partial charge in [-0.1, -0.05) is 35.9 Å². The van der Waals surface area contributed by atoms with Gasteiger partial charge < -0.3 is 15.5 Å². The Labute approximate surface area is 151 Å². The Kier molecular flexibility index (Phi) is 4.97. The van der Waals surface area contributed by atoms with Crippen molar-refractivity contribution in [1.82, 2.24) is 5.32 Å². The SMILES string of the molecule is Clc1ccc(C23CNCC2C2C=CC3C2)cc1.O=C(O)/C=C/C(=O)O. The summed E-state index contributed by atoms with van der Waals surface area (Å²) < 4.78 is 0. The van der Waals surface area contributed by atoms with Crippen LogP contribution in [0.5, 0.6) is 0 Å². The Bertz CT molecular complexity index is 711. The molecule has 1 aromatic carbocycles. The fourth-order valence-electron chi connectivity index (χ4n) is 4.53. The second-order valence-corrected chi connectivity index (χ2v) is 7.12. The van der Waals surface area contributed by atoms with Crippen molar-refractivity contribution in [3.63, 3.8) is 0 Å². The lowest BCUT2D eigenvalue weighted by Crippen LogP contribution is -2.38. The summed E-state index contributed by atoms with van der Waals surface area (Å²) in [7, 11) is 0. The van der Waals surface area contributed by atoms with Crippen LogP contribution in [0.4, 0.5) is 0 Å². The van der Waals surface area contributed by atoms with E-state index in [1.165, 1.54) is 18.5 Å². The van der Waals surface area contributed by atoms with Gasteiger partial charge in [0.25, 0.3) is 0 Å². The number of carboxylic acids is 2. The zero-order valence-corrected chi connectivity index (χ0v) is 14.3. The van der Waals surface area contributed by atoms with E-state index >= 15 is 0 Å². The van der Waals surface area contributed by atoms with Crippen molar-refractivity contribution < 1.29 is 19.8 Å². The number of allylic oxidation sites excluding steroid dienone is 2. The van der Waals surface area contributed by atoms with Crippen molar-refractivity contribution in [3.8, 4) is 0 Å². The number of rotatable bonds is 3. The maximum absolute atomic E-state index is 9.55. The lowest BCUT2D eigenvalue weighted by atomic mass is 9.66. The zero-order chi connectivity index (χ0) is 18.0. The first kappa shape index (κ1) is 17.7. The fourth-order valence-corrected chi connectivity index (χ4v) is 4.65. The minimum absolute atomic E-state index is 0.351. The fraction of sp³-hybridized carbons (Fsp3) is 0.368. The summed E-state index contributed by atoms with van der Waals surface area (Å²) in [4.78, 5) is 19.1. The highest BCUT2D eigenvalue weighted by molar-refractivity contribution is 6.30. The maximum Gasteiger partial charge on any atom is 0.328 e. The highest BCUT2D eigenvalue weighted by Gasteiger charge is 2.58. The van der Waals surface area contributed by atoms with Gasteiger partial charge in [0, 0.05) is 29.1 Å². The van der Waals surface area contributed by atoms with E-state index in [0.29, 0.717) is 17.6 Å². The Morgan fingerprint density at radius 1 is 1.12 bits per heavy atom. The van der Waals surface area contributed by atoms with Gasteiger partial charge in [0.15, 0.2) is 0 Å².